The van der Waals surface area contributed by atoms with Gasteiger partial charge in [-0.3, -0.25) is 4.79 Å². The molecular formula is C30H25ClN2O5. The number of ether oxygens (including phenoxy) is 3. The van der Waals surface area contributed by atoms with Crippen molar-refractivity contribution in [3.63, 3.8) is 0 Å². The normalized spacial score (nSPS) is 11.6. The van der Waals surface area contributed by atoms with E-state index in [-0.39, 0.29) is 5.75 Å². The molecule has 4 aromatic rings. The topological polar surface area (TPSA) is 86.2 Å². The monoisotopic (exact) mass is 528 g/mol. The molecule has 1 N–H and O–H groups in total. The summed E-state index contributed by atoms with van der Waals surface area (Å²) in [7, 11) is 1.46. The lowest BCUT2D eigenvalue weighted by Crippen LogP contribution is -2.33. The van der Waals surface area contributed by atoms with Crippen LogP contribution in [-0.2, 0) is 4.79 Å². The van der Waals surface area contributed by atoms with Gasteiger partial charge in [-0.05, 0) is 78.2 Å². The number of methoxy groups -OCH3 is 1. The lowest BCUT2D eigenvalue weighted by molar-refractivity contribution is -0.127. The largest absolute Gasteiger partial charge is 0.493 e. The summed E-state index contributed by atoms with van der Waals surface area (Å²) in [6.45, 7) is 1.64. The van der Waals surface area contributed by atoms with Crippen LogP contribution >= 0.6 is 11.6 Å². The minimum absolute atomic E-state index is 0.244. The van der Waals surface area contributed by atoms with Crippen molar-refractivity contribution in [1.82, 2.24) is 5.43 Å². The van der Waals surface area contributed by atoms with Crippen LogP contribution in [0.2, 0.25) is 5.02 Å². The third-order valence-electron chi connectivity index (χ3n) is 5.50. The van der Waals surface area contributed by atoms with Crippen molar-refractivity contribution in [2.45, 2.75) is 13.0 Å². The molecule has 0 bridgehead atoms. The molecule has 38 heavy (non-hydrogen) atoms. The van der Waals surface area contributed by atoms with E-state index in [9.17, 15) is 9.59 Å². The number of hydrogen-bond donors (Lipinski definition) is 1. The van der Waals surface area contributed by atoms with Crippen molar-refractivity contribution in [3.05, 3.63) is 113 Å². The Kier molecular flexibility index (Phi) is 8.74. The van der Waals surface area contributed by atoms with E-state index in [0.717, 1.165) is 11.1 Å². The highest BCUT2D eigenvalue weighted by Gasteiger charge is 2.15. The Bertz CT molecular complexity index is 1420. The van der Waals surface area contributed by atoms with Gasteiger partial charge in [0.1, 0.15) is 5.75 Å². The molecular weight excluding hydrogens is 504 g/mol. The molecule has 1 amide bonds. The number of carbonyl (C=O) groups is 2. The van der Waals surface area contributed by atoms with Gasteiger partial charge >= 0.3 is 5.97 Å². The zero-order valence-corrected chi connectivity index (χ0v) is 21.5. The van der Waals surface area contributed by atoms with E-state index in [4.69, 9.17) is 25.8 Å². The molecule has 0 radical (unpaired) electrons. The summed E-state index contributed by atoms with van der Waals surface area (Å²) in [5, 5.41) is 4.52. The molecule has 7 nitrogen and oxygen atoms in total. The zero-order chi connectivity index (χ0) is 26.9. The van der Waals surface area contributed by atoms with Crippen LogP contribution in [-0.4, -0.2) is 31.3 Å². The fraction of sp³-hybridized carbons (Fsp3) is 0.100. The second-order valence-electron chi connectivity index (χ2n) is 8.19. The Morgan fingerprint density at radius 1 is 0.868 bits per heavy atom. The van der Waals surface area contributed by atoms with Gasteiger partial charge in [-0.25, -0.2) is 10.2 Å². The van der Waals surface area contributed by atoms with Crippen molar-refractivity contribution < 1.29 is 23.8 Å². The summed E-state index contributed by atoms with van der Waals surface area (Å²) in [6.07, 6.45) is 0.686. The molecule has 0 aliphatic carbocycles. The van der Waals surface area contributed by atoms with E-state index in [1.165, 1.54) is 13.3 Å². The van der Waals surface area contributed by atoms with Gasteiger partial charge in [-0.1, -0.05) is 54.1 Å². The van der Waals surface area contributed by atoms with Crippen molar-refractivity contribution in [2.24, 2.45) is 5.10 Å². The van der Waals surface area contributed by atoms with Crippen LogP contribution in [0.4, 0.5) is 0 Å². The first kappa shape index (κ1) is 26.4. The number of rotatable bonds is 9. The van der Waals surface area contributed by atoms with Gasteiger partial charge in [0.2, 0.25) is 0 Å². The molecule has 0 unspecified atom stereocenters. The smallest absolute Gasteiger partial charge is 0.343 e. The summed E-state index contributed by atoms with van der Waals surface area (Å²) >= 11 is 5.86. The Morgan fingerprint density at radius 2 is 1.55 bits per heavy atom. The molecule has 192 valence electrons. The minimum Gasteiger partial charge on any atom is -0.493 e. The van der Waals surface area contributed by atoms with Gasteiger partial charge in [0.25, 0.3) is 5.91 Å². The summed E-state index contributed by atoms with van der Waals surface area (Å²) in [4.78, 5) is 24.8. The molecule has 0 aliphatic heterocycles. The van der Waals surface area contributed by atoms with Crippen LogP contribution in [0.25, 0.3) is 11.1 Å². The maximum Gasteiger partial charge on any atom is 0.343 e. The number of benzene rings is 4. The SMILES string of the molecule is COc1cc(/C=N\NC(=O)[C@H](C)Oc2ccc(-c3ccccc3)cc2)ccc1OC(=O)c1ccc(Cl)cc1. The maximum absolute atomic E-state index is 12.4. The predicted molar refractivity (Wildman–Crippen MR) is 147 cm³/mol. The number of nitrogens with one attached hydrogen (secondary N) is 1. The molecule has 0 heterocycles. The molecule has 0 aliphatic rings. The van der Waals surface area contributed by atoms with Crippen molar-refractivity contribution in [1.29, 1.82) is 0 Å². The van der Waals surface area contributed by atoms with Gasteiger partial charge in [-0.2, -0.15) is 5.10 Å². The number of amides is 1. The third kappa shape index (κ3) is 6.99. The first-order valence-corrected chi connectivity index (χ1v) is 12.1. The predicted octanol–water partition coefficient (Wildman–Crippen LogP) is 6.15. The fourth-order valence-corrected chi connectivity index (χ4v) is 3.60. The molecule has 0 fully saturated rings. The number of nitrogens with zero attached hydrogens (tertiary/aromatic N) is 1. The van der Waals surface area contributed by atoms with E-state index in [2.05, 4.69) is 10.5 Å². The van der Waals surface area contributed by atoms with Crippen molar-refractivity contribution in [2.75, 3.05) is 7.11 Å². The van der Waals surface area contributed by atoms with E-state index in [1.54, 1.807) is 49.4 Å². The number of halogens is 1. The Morgan fingerprint density at radius 3 is 2.24 bits per heavy atom. The van der Waals surface area contributed by atoms with Gasteiger partial charge in [0.15, 0.2) is 17.6 Å². The average molecular weight is 529 g/mol. The molecule has 0 aromatic heterocycles. The van der Waals surface area contributed by atoms with E-state index >= 15 is 0 Å². The highest BCUT2D eigenvalue weighted by Crippen LogP contribution is 2.28. The van der Waals surface area contributed by atoms with Crippen LogP contribution in [0.1, 0.15) is 22.8 Å². The number of carbonyl (C=O) groups excluding carboxylic acids is 2. The molecule has 0 saturated carbocycles. The van der Waals surface area contributed by atoms with Gasteiger partial charge in [0.05, 0.1) is 18.9 Å². The van der Waals surface area contributed by atoms with E-state index in [1.807, 2.05) is 54.6 Å². The highest BCUT2D eigenvalue weighted by atomic mass is 35.5. The van der Waals surface area contributed by atoms with E-state index in [0.29, 0.717) is 27.6 Å². The summed E-state index contributed by atoms with van der Waals surface area (Å²) in [5.41, 5.74) is 5.60. The Labute approximate surface area is 225 Å². The standard InChI is InChI=1S/C30H25ClN2O5/c1-20(37-26-15-11-23(12-16-26)22-6-4-3-5-7-22)29(34)33-32-19-21-8-17-27(28(18-21)36-2)38-30(35)24-9-13-25(31)14-10-24/h3-20H,1-2H3,(H,33,34)/b32-19-/t20-/m0/s1. The number of esters is 1. The maximum atomic E-state index is 12.4. The molecule has 4 aromatic carbocycles. The van der Waals surface area contributed by atoms with Crippen LogP contribution in [0, 0.1) is 0 Å². The van der Waals surface area contributed by atoms with Gasteiger partial charge < -0.3 is 14.2 Å². The van der Waals surface area contributed by atoms with Crippen LogP contribution in [0.5, 0.6) is 17.2 Å². The zero-order valence-electron chi connectivity index (χ0n) is 20.8. The first-order chi connectivity index (χ1) is 18.4. The Hall–Kier alpha value is -4.62. The second kappa shape index (κ2) is 12.6. The van der Waals surface area contributed by atoms with Gasteiger partial charge in [0, 0.05) is 5.02 Å². The molecule has 8 heteroatoms. The van der Waals surface area contributed by atoms with Crippen LogP contribution in [0.3, 0.4) is 0 Å². The quantitative estimate of drug-likeness (QED) is 0.122. The molecule has 0 saturated heterocycles. The molecule has 1 atom stereocenters. The third-order valence-corrected chi connectivity index (χ3v) is 5.75. The second-order valence-corrected chi connectivity index (χ2v) is 8.63. The fourth-order valence-electron chi connectivity index (χ4n) is 3.47. The average Bonchev–Trinajstić information content (AvgIpc) is 2.94. The van der Waals surface area contributed by atoms with Crippen molar-refractivity contribution in [3.8, 4) is 28.4 Å². The summed E-state index contributed by atoms with van der Waals surface area (Å²) in [5.74, 6) is 0.197. The van der Waals surface area contributed by atoms with Crippen LogP contribution < -0.4 is 19.6 Å². The lowest BCUT2D eigenvalue weighted by atomic mass is 10.1. The number of hydrazone groups is 1. The molecule has 4 rings (SSSR count). The first-order valence-electron chi connectivity index (χ1n) is 11.7. The lowest BCUT2D eigenvalue weighted by Gasteiger charge is -2.13. The summed E-state index contributed by atoms with van der Waals surface area (Å²) in [6, 6.07) is 28.8. The minimum atomic E-state index is -0.765. The highest BCUT2D eigenvalue weighted by molar-refractivity contribution is 6.30. The van der Waals surface area contributed by atoms with E-state index < -0.39 is 18.0 Å². The van der Waals surface area contributed by atoms with Gasteiger partial charge in [-0.15, -0.1) is 0 Å². The van der Waals surface area contributed by atoms with Crippen LogP contribution in [0.15, 0.2) is 102 Å². The summed E-state index contributed by atoms with van der Waals surface area (Å²) < 4.78 is 16.5. The van der Waals surface area contributed by atoms with Crippen molar-refractivity contribution >= 4 is 29.7 Å². The molecule has 0 spiro atoms. The Balaban J connectivity index is 1.32. The number of hydrogen-bond acceptors (Lipinski definition) is 6.